The van der Waals surface area contributed by atoms with E-state index < -0.39 is 0 Å². The highest BCUT2D eigenvalue weighted by atomic mass is 15.2. The van der Waals surface area contributed by atoms with Gasteiger partial charge in [0.2, 0.25) is 0 Å². The molecule has 1 aromatic rings. The molecule has 0 amide bonds. The normalized spacial score (nSPS) is 24.9. The molecule has 2 aliphatic rings. The van der Waals surface area contributed by atoms with Crippen LogP contribution < -0.4 is 10.2 Å². The average molecular weight is 259 g/mol. The molecule has 0 aliphatic carbocycles. The van der Waals surface area contributed by atoms with Crippen LogP contribution in [0, 0.1) is 5.92 Å². The summed E-state index contributed by atoms with van der Waals surface area (Å²) in [7, 11) is 2.21. The van der Waals surface area contributed by atoms with Gasteiger partial charge in [-0.2, -0.15) is 0 Å². The Morgan fingerprint density at radius 2 is 2.16 bits per heavy atom. The molecule has 3 rings (SSSR count). The van der Waals surface area contributed by atoms with Gasteiger partial charge in [0.1, 0.15) is 0 Å². The Kier molecular flexibility index (Phi) is 4.04. The Balaban J connectivity index is 1.68. The van der Waals surface area contributed by atoms with Crippen LogP contribution in [-0.2, 0) is 6.54 Å². The maximum Gasteiger partial charge on any atom is 0.0409 e. The molecule has 3 heteroatoms. The number of nitrogens with zero attached hydrogens (tertiary/aromatic N) is 2. The van der Waals surface area contributed by atoms with Crippen molar-refractivity contribution in [3.05, 3.63) is 29.8 Å². The van der Waals surface area contributed by atoms with Gasteiger partial charge in [-0.1, -0.05) is 18.2 Å². The van der Waals surface area contributed by atoms with Crippen molar-refractivity contribution in [2.45, 2.75) is 19.4 Å². The molecule has 0 spiro atoms. The second kappa shape index (κ2) is 5.93. The van der Waals surface area contributed by atoms with Gasteiger partial charge in [0.25, 0.3) is 0 Å². The zero-order valence-corrected chi connectivity index (χ0v) is 11.9. The van der Waals surface area contributed by atoms with Crippen LogP contribution in [0.15, 0.2) is 24.3 Å². The number of rotatable bonds is 2. The minimum absolute atomic E-state index is 0.837. The van der Waals surface area contributed by atoms with Gasteiger partial charge in [0, 0.05) is 38.9 Å². The third-order valence-electron chi connectivity index (χ3n) is 4.46. The van der Waals surface area contributed by atoms with E-state index in [1.807, 2.05) is 0 Å². The number of fused-ring (bicyclic) bond motifs is 1. The quantitative estimate of drug-likeness (QED) is 0.875. The smallest absolute Gasteiger partial charge is 0.0409 e. The van der Waals surface area contributed by atoms with Gasteiger partial charge in [0.15, 0.2) is 0 Å². The molecule has 0 aromatic heterocycles. The molecule has 104 valence electrons. The fourth-order valence-electron chi connectivity index (χ4n) is 3.35. The number of benzene rings is 1. The summed E-state index contributed by atoms with van der Waals surface area (Å²) in [5.41, 5.74) is 2.89. The topological polar surface area (TPSA) is 18.5 Å². The highest BCUT2D eigenvalue weighted by molar-refractivity contribution is 5.53. The van der Waals surface area contributed by atoms with Crippen LogP contribution in [0.3, 0.4) is 0 Å². The van der Waals surface area contributed by atoms with E-state index in [0.717, 1.165) is 19.0 Å². The summed E-state index contributed by atoms with van der Waals surface area (Å²) in [5, 5.41) is 3.53. The summed E-state index contributed by atoms with van der Waals surface area (Å²) in [6.45, 7) is 7.08. The highest BCUT2D eigenvalue weighted by Gasteiger charge is 2.21. The lowest BCUT2D eigenvalue weighted by atomic mass is 9.99. The summed E-state index contributed by atoms with van der Waals surface area (Å²) in [6.07, 6.45) is 2.73. The number of anilines is 1. The molecule has 1 saturated heterocycles. The van der Waals surface area contributed by atoms with Crippen molar-refractivity contribution in [1.82, 2.24) is 10.2 Å². The number of likely N-dealkylation sites (N-methyl/N-ethyl adjacent to an activating group) is 1. The first kappa shape index (κ1) is 12.9. The molecule has 3 nitrogen and oxygen atoms in total. The van der Waals surface area contributed by atoms with Gasteiger partial charge >= 0.3 is 0 Å². The molecule has 0 radical (unpaired) electrons. The maximum atomic E-state index is 3.53. The molecular weight excluding hydrogens is 234 g/mol. The Morgan fingerprint density at radius 3 is 3.00 bits per heavy atom. The third-order valence-corrected chi connectivity index (χ3v) is 4.46. The molecule has 1 fully saturated rings. The predicted octanol–water partition coefficient (Wildman–Crippen LogP) is 1.94. The van der Waals surface area contributed by atoms with E-state index in [4.69, 9.17) is 0 Å². The van der Waals surface area contributed by atoms with Crippen molar-refractivity contribution >= 4 is 5.69 Å². The van der Waals surface area contributed by atoms with Crippen molar-refractivity contribution in [1.29, 1.82) is 0 Å². The Labute approximate surface area is 116 Å². The fraction of sp³-hybridized carbons (Fsp3) is 0.625. The van der Waals surface area contributed by atoms with Gasteiger partial charge in [-0.25, -0.2) is 0 Å². The van der Waals surface area contributed by atoms with Crippen LogP contribution in [0.1, 0.15) is 18.4 Å². The van der Waals surface area contributed by atoms with Crippen molar-refractivity contribution in [3.8, 4) is 0 Å². The summed E-state index contributed by atoms with van der Waals surface area (Å²) >= 11 is 0. The molecule has 2 aliphatic heterocycles. The largest absolute Gasteiger partial charge is 0.373 e. The lowest BCUT2D eigenvalue weighted by Gasteiger charge is -2.29. The highest BCUT2D eigenvalue weighted by Crippen LogP contribution is 2.24. The van der Waals surface area contributed by atoms with Gasteiger partial charge in [-0.15, -0.1) is 0 Å². The van der Waals surface area contributed by atoms with Crippen LogP contribution >= 0.6 is 0 Å². The Hall–Kier alpha value is -1.06. The summed E-state index contributed by atoms with van der Waals surface area (Å²) < 4.78 is 0. The zero-order chi connectivity index (χ0) is 13.1. The van der Waals surface area contributed by atoms with Gasteiger partial charge in [-0.05, 0) is 43.5 Å². The van der Waals surface area contributed by atoms with E-state index in [0.29, 0.717) is 0 Å². The first-order valence-corrected chi connectivity index (χ1v) is 7.55. The molecular formula is C16H25N3. The van der Waals surface area contributed by atoms with E-state index in [1.54, 1.807) is 0 Å². The monoisotopic (exact) mass is 259 g/mol. The summed E-state index contributed by atoms with van der Waals surface area (Å²) in [6, 6.07) is 8.85. The molecule has 19 heavy (non-hydrogen) atoms. The minimum Gasteiger partial charge on any atom is -0.373 e. The van der Waals surface area contributed by atoms with Crippen molar-refractivity contribution in [2.75, 3.05) is 44.7 Å². The van der Waals surface area contributed by atoms with Gasteiger partial charge in [-0.3, -0.25) is 4.90 Å². The van der Waals surface area contributed by atoms with E-state index in [9.17, 15) is 0 Å². The Morgan fingerprint density at radius 1 is 1.26 bits per heavy atom. The number of para-hydroxylation sites is 1. The third kappa shape index (κ3) is 3.10. The van der Waals surface area contributed by atoms with Gasteiger partial charge in [0.05, 0.1) is 0 Å². The predicted molar refractivity (Wildman–Crippen MR) is 80.6 cm³/mol. The molecule has 1 atom stereocenters. The number of hydrogen-bond donors (Lipinski definition) is 1. The van der Waals surface area contributed by atoms with E-state index in [2.05, 4.69) is 46.4 Å². The first-order valence-electron chi connectivity index (χ1n) is 7.55. The lowest BCUT2D eigenvalue weighted by Crippen LogP contribution is -2.39. The van der Waals surface area contributed by atoms with Crippen LogP contribution in [0.5, 0.6) is 0 Å². The Bertz CT molecular complexity index is 412. The molecule has 1 unspecified atom stereocenters. The number of piperidine rings is 1. The minimum atomic E-state index is 0.837. The van der Waals surface area contributed by atoms with Crippen molar-refractivity contribution in [3.63, 3.8) is 0 Å². The average Bonchev–Trinajstić information content (AvgIpc) is 2.60. The maximum absolute atomic E-state index is 3.53. The van der Waals surface area contributed by atoms with Crippen LogP contribution in [0.25, 0.3) is 0 Å². The lowest BCUT2D eigenvalue weighted by molar-refractivity contribution is 0.208. The first-order chi connectivity index (χ1) is 9.33. The summed E-state index contributed by atoms with van der Waals surface area (Å²) in [5.74, 6) is 0.837. The van der Waals surface area contributed by atoms with E-state index >= 15 is 0 Å². The van der Waals surface area contributed by atoms with E-state index in [-0.39, 0.29) is 0 Å². The molecule has 0 saturated carbocycles. The van der Waals surface area contributed by atoms with Crippen LogP contribution in [-0.4, -0.2) is 44.7 Å². The van der Waals surface area contributed by atoms with Crippen molar-refractivity contribution in [2.24, 2.45) is 5.92 Å². The second-order valence-corrected chi connectivity index (χ2v) is 6.00. The van der Waals surface area contributed by atoms with Gasteiger partial charge < -0.3 is 10.2 Å². The van der Waals surface area contributed by atoms with E-state index in [1.165, 1.54) is 50.3 Å². The SMILES string of the molecule is CN1CCN(CC2CCCNC2)Cc2ccccc21. The molecule has 1 N–H and O–H groups in total. The molecule has 1 aromatic carbocycles. The molecule has 2 heterocycles. The van der Waals surface area contributed by atoms with Crippen LogP contribution in [0.4, 0.5) is 5.69 Å². The second-order valence-electron chi connectivity index (χ2n) is 6.00. The molecule has 0 bridgehead atoms. The summed E-state index contributed by atoms with van der Waals surface area (Å²) in [4.78, 5) is 5.04. The fourth-order valence-corrected chi connectivity index (χ4v) is 3.35. The zero-order valence-electron chi connectivity index (χ0n) is 11.9. The van der Waals surface area contributed by atoms with Crippen LogP contribution in [0.2, 0.25) is 0 Å². The number of nitrogens with one attached hydrogen (secondary N) is 1. The number of hydrogen-bond acceptors (Lipinski definition) is 3. The standard InChI is InChI=1S/C16H25N3/c1-18-9-10-19(12-14-5-4-8-17-11-14)13-15-6-2-3-7-16(15)18/h2-3,6-7,14,17H,4-5,8-13H2,1H3. The van der Waals surface area contributed by atoms with Crippen molar-refractivity contribution < 1.29 is 0 Å².